The van der Waals surface area contributed by atoms with Crippen molar-refractivity contribution in [2.75, 3.05) is 32.8 Å². The zero-order valence-corrected chi connectivity index (χ0v) is 18.6. The topological polar surface area (TPSA) is 58.6 Å². The van der Waals surface area contributed by atoms with Crippen molar-refractivity contribution < 1.29 is 14.3 Å². The van der Waals surface area contributed by atoms with Gasteiger partial charge in [-0.3, -0.25) is 9.69 Å². The van der Waals surface area contributed by atoms with Gasteiger partial charge in [-0.25, -0.2) is 4.79 Å². The first-order chi connectivity index (χ1) is 15.1. The number of rotatable bonds is 5. The van der Waals surface area contributed by atoms with Gasteiger partial charge in [-0.2, -0.15) is 0 Å². The van der Waals surface area contributed by atoms with Crippen LogP contribution in [0.4, 0.5) is 4.79 Å². The molecule has 0 aliphatic carbocycles. The molecular formula is C26H32N2O3. The Labute approximate surface area is 185 Å². The number of carbonyl (C=O) groups excluding carboxylic acids is 2. The number of carbonyl (C=O) groups is 2. The first kappa shape index (κ1) is 24.1. The van der Waals surface area contributed by atoms with Crippen molar-refractivity contribution in [3.8, 4) is 0 Å². The molecule has 31 heavy (non-hydrogen) atoms. The zero-order chi connectivity index (χ0) is 22.5. The molecule has 0 aromatic heterocycles. The molecule has 0 unspecified atom stereocenters. The van der Waals surface area contributed by atoms with Crippen molar-refractivity contribution in [2.24, 2.45) is 0 Å². The second-order valence-electron chi connectivity index (χ2n) is 7.00. The smallest absolute Gasteiger partial charge is 0.410 e. The molecule has 5 nitrogen and oxygen atoms in total. The first-order valence-electron chi connectivity index (χ1n) is 10.8. The summed E-state index contributed by atoms with van der Waals surface area (Å²) in [5, 5.41) is 3.11. The number of nitrogens with one attached hydrogen (secondary N) is 1. The summed E-state index contributed by atoms with van der Waals surface area (Å²) in [6.07, 6.45) is 3.27. The second kappa shape index (κ2) is 13.2. The van der Waals surface area contributed by atoms with E-state index in [1.807, 2.05) is 72.8 Å². The molecule has 1 aliphatic rings. The summed E-state index contributed by atoms with van der Waals surface area (Å²) in [6, 6.07) is 19.3. The molecule has 1 saturated heterocycles. The molecule has 2 aromatic carbocycles. The molecule has 0 atom stereocenters. The highest BCUT2D eigenvalue weighted by Gasteiger charge is 2.29. The molecule has 1 aliphatic heterocycles. The molecule has 0 spiro atoms. The Kier molecular flexibility index (Phi) is 10.3. The quantitative estimate of drug-likeness (QED) is 0.705. The summed E-state index contributed by atoms with van der Waals surface area (Å²) in [5.74, 6) is -0.0294. The highest BCUT2D eigenvalue weighted by atomic mass is 16.6. The summed E-state index contributed by atoms with van der Waals surface area (Å²) in [5.41, 5.74) is 3.02. The van der Waals surface area contributed by atoms with Crippen LogP contribution in [0.1, 0.15) is 31.9 Å². The van der Waals surface area contributed by atoms with Crippen LogP contribution in [0.25, 0.3) is 12.2 Å². The molecule has 0 bridgehead atoms. The SMILES string of the molecule is CCNCC.CCOC(=O)N1CC(=Cc2ccccc2)C(=O)C(=Cc2ccccc2)C1. The van der Waals surface area contributed by atoms with Gasteiger partial charge < -0.3 is 10.1 Å². The number of piperidine rings is 1. The Morgan fingerprint density at radius 3 is 1.68 bits per heavy atom. The number of amides is 1. The normalized spacial score (nSPS) is 16.1. The molecule has 1 N–H and O–H groups in total. The molecule has 1 amide bonds. The standard InChI is InChI=1S/C22H21NO3.C4H11N/c1-2-26-22(25)23-15-19(13-17-9-5-3-6-10-17)21(24)20(16-23)14-18-11-7-4-8-12-18;1-3-5-4-2/h3-14H,2,15-16H2,1H3;5H,3-4H2,1-2H3. The van der Waals surface area contributed by atoms with Crippen LogP contribution < -0.4 is 5.32 Å². The lowest BCUT2D eigenvalue weighted by Crippen LogP contribution is -2.41. The van der Waals surface area contributed by atoms with Crippen LogP contribution in [0.15, 0.2) is 71.8 Å². The van der Waals surface area contributed by atoms with Crippen molar-refractivity contribution in [3.63, 3.8) is 0 Å². The minimum atomic E-state index is -0.405. The Morgan fingerprint density at radius 2 is 1.32 bits per heavy atom. The minimum Gasteiger partial charge on any atom is -0.450 e. The third-order valence-electron chi connectivity index (χ3n) is 4.61. The monoisotopic (exact) mass is 420 g/mol. The van der Waals surface area contributed by atoms with Crippen LogP contribution in [0.5, 0.6) is 0 Å². The highest BCUT2D eigenvalue weighted by Crippen LogP contribution is 2.22. The number of Topliss-reactive ketones (excluding diaryl/α,β-unsaturated/α-hetero) is 1. The van der Waals surface area contributed by atoms with E-state index >= 15 is 0 Å². The summed E-state index contributed by atoms with van der Waals surface area (Å²) in [6.45, 7) is 8.96. The molecule has 0 radical (unpaired) electrons. The van der Waals surface area contributed by atoms with Gasteiger partial charge in [0.05, 0.1) is 19.7 Å². The lowest BCUT2D eigenvalue weighted by molar-refractivity contribution is -0.113. The summed E-state index contributed by atoms with van der Waals surface area (Å²) in [4.78, 5) is 26.7. The Hall–Kier alpha value is -3.18. The largest absolute Gasteiger partial charge is 0.450 e. The average molecular weight is 421 g/mol. The number of hydrogen-bond acceptors (Lipinski definition) is 4. The molecule has 0 saturated carbocycles. The van der Waals surface area contributed by atoms with Gasteiger partial charge in [0.2, 0.25) is 0 Å². The van der Waals surface area contributed by atoms with Gasteiger partial charge in [0.1, 0.15) is 0 Å². The Morgan fingerprint density at radius 1 is 0.871 bits per heavy atom. The maximum Gasteiger partial charge on any atom is 0.410 e. The van der Waals surface area contributed by atoms with E-state index in [-0.39, 0.29) is 18.9 Å². The maximum atomic E-state index is 12.9. The van der Waals surface area contributed by atoms with Crippen molar-refractivity contribution in [1.29, 1.82) is 0 Å². The molecule has 1 heterocycles. The van der Waals surface area contributed by atoms with Gasteiger partial charge in [-0.05, 0) is 43.3 Å². The molecule has 3 rings (SSSR count). The van der Waals surface area contributed by atoms with Crippen LogP contribution >= 0.6 is 0 Å². The van der Waals surface area contributed by atoms with E-state index in [4.69, 9.17) is 4.74 Å². The predicted molar refractivity (Wildman–Crippen MR) is 127 cm³/mol. The third-order valence-corrected chi connectivity index (χ3v) is 4.61. The van der Waals surface area contributed by atoms with Crippen molar-refractivity contribution >= 4 is 24.0 Å². The van der Waals surface area contributed by atoms with Gasteiger partial charge in [-0.15, -0.1) is 0 Å². The van der Waals surface area contributed by atoms with Crippen LogP contribution in [0.3, 0.4) is 0 Å². The number of hydrogen-bond donors (Lipinski definition) is 1. The van der Waals surface area contributed by atoms with E-state index < -0.39 is 6.09 Å². The molecule has 1 fully saturated rings. The third kappa shape index (κ3) is 7.87. The van der Waals surface area contributed by atoms with Crippen LogP contribution in [-0.2, 0) is 9.53 Å². The minimum absolute atomic E-state index is 0.0294. The van der Waals surface area contributed by atoms with Crippen molar-refractivity contribution in [2.45, 2.75) is 20.8 Å². The fraction of sp³-hybridized carbons (Fsp3) is 0.308. The van der Waals surface area contributed by atoms with E-state index in [1.165, 1.54) is 0 Å². The fourth-order valence-corrected chi connectivity index (χ4v) is 3.13. The van der Waals surface area contributed by atoms with E-state index in [9.17, 15) is 9.59 Å². The van der Waals surface area contributed by atoms with Crippen molar-refractivity contribution in [1.82, 2.24) is 10.2 Å². The van der Waals surface area contributed by atoms with E-state index in [2.05, 4.69) is 19.2 Å². The van der Waals surface area contributed by atoms with E-state index in [0.29, 0.717) is 17.8 Å². The summed E-state index contributed by atoms with van der Waals surface area (Å²) >= 11 is 0. The van der Waals surface area contributed by atoms with E-state index in [1.54, 1.807) is 11.8 Å². The summed E-state index contributed by atoms with van der Waals surface area (Å²) in [7, 11) is 0. The van der Waals surface area contributed by atoms with Crippen molar-refractivity contribution in [3.05, 3.63) is 82.9 Å². The molecule has 5 heteroatoms. The summed E-state index contributed by atoms with van der Waals surface area (Å²) < 4.78 is 5.13. The van der Waals surface area contributed by atoms with Crippen LogP contribution in [-0.4, -0.2) is 49.6 Å². The van der Waals surface area contributed by atoms with Gasteiger partial charge in [0.25, 0.3) is 0 Å². The van der Waals surface area contributed by atoms with Gasteiger partial charge in [0, 0.05) is 11.1 Å². The zero-order valence-electron chi connectivity index (χ0n) is 18.6. The predicted octanol–water partition coefficient (Wildman–Crippen LogP) is 4.81. The fourth-order valence-electron chi connectivity index (χ4n) is 3.13. The highest BCUT2D eigenvalue weighted by molar-refractivity contribution is 6.15. The number of ether oxygens (including phenoxy) is 1. The Bertz CT molecular complexity index is 826. The van der Waals surface area contributed by atoms with Crippen LogP contribution in [0, 0.1) is 0 Å². The van der Waals surface area contributed by atoms with Gasteiger partial charge in [0.15, 0.2) is 5.78 Å². The van der Waals surface area contributed by atoms with Gasteiger partial charge >= 0.3 is 6.09 Å². The Balaban J connectivity index is 0.000000614. The number of nitrogens with zero attached hydrogens (tertiary/aromatic N) is 1. The lowest BCUT2D eigenvalue weighted by Gasteiger charge is -2.29. The number of likely N-dealkylation sites (tertiary alicyclic amines) is 1. The molecule has 164 valence electrons. The number of ketones is 1. The lowest BCUT2D eigenvalue weighted by atomic mass is 9.94. The van der Waals surface area contributed by atoms with E-state index in [0.717, 1.165) is 24.2 Å². The second-order valence-corrected chi connectivity index (χ2v) is 7.00. The van der Waals surface area contributed by atoms with Crippen LogP contribution in [0.2, 0.25) is 0 Å². The molecular weight excluding hydrogens is 388 g/mol. The van der Waals surface area contributed by atoms with Gasteiger partial charge in [-0.1, -0.05) is 74.5 Å². The maximum absolute atomic E-state index is 12.9. The molecule has 2 aromatic rings. The number of benzene rings is 2. The average Bonchev–Trinajstić information content (AvgIpc) is 2.79. The first-order valence-corrected chi connectivity index (χ1v) is 10.8.